The lowest BCUT2D eigenvalue weighted by atomic mass is 9.91. The number of rotatable bonds is 7. The zero-order valence-corrected chi connectivity index (χ0v) is 11.8. The number of carboxylic acid groups (broad SMARTS) is 1. The molecular formula is C13H19NO6. The first kappa shape index (κ1) is 16.4. The van der Waals surface area contributed by atoms with E-state index in [1.807, 2.05) is 0 Å². The quantitative estimate of drug-likeness (QED) is 0.467. The molecule has 0 saturated heterocycles. The van der Waals surface area contributed by atoms with Gasteiger partial charge in [0.15, 0.2) is 11.4 Å². The lowest BCUT2D eigenvalue weighted by Crippen LogP contribution is -2.56. The summed E-state index contributed by atoms with van der Waals surface area (Å²) in [4.78, 5) is 23.1. The van der Waals surface area contributed by atoms with Gasteiger partial charge in [0, 0.05) is 12.4 Å². The van der Waals surface area contributed by atoms with E-state index in [2.05, 4.69) is 0 Å². The van der Waals surface area contributed by atoms with Gasteiger partial charge in [0.2, 0.25) is 5.78 Å². The van der Waals surface area contributed by atoms with Crippen molar-refractivity contribution in [2.45, 2.75) is 18.6 Å². The normalized spacial score (nSPS) is 14.8. The highest BCUT2D eigenvalue weighted by atomic mass is 16.4. The van der Waals surface area contributed by atoms with Gasteiger partial charge in [-0.05, 0) is 12.1 Å². The number of furan rings is 1. The summed E-state index contributed by atoms with van der Waals surface area (Å²) in [5, 5.41) is 30.1. The zero-order valence-electron chi connectivity index (χ0n) is 11.8. The second-order valence-electron chi connectivity index (χ2n) is 5.78. The van der Waals surface area contributed by atoms with Crippen LogP contribution in [0.25, 0.3) is 0 Å². The van der Waals surface area contributed by atoms with Crippen LogP contribution in [-0.2, 0) is 11.4 Å². The molecule has 0 bridgehead atoms. The summed E-state index contributed by atoms with van der Waals surface area (Å²) in [5.41, 5.74) is -2.12. The van der Waals surface area contributed by atoms with Crippen molar-refractivity contribution in [2.75, 3.05) is 27.7 Å². The highest BCUT2D eigenvalue weighted by Gasteiger charge is 2.43. The minimum absolute atomic E-state index is 0.116. The summed E-state index contributed by atoms with van der Waals surface area (Å²) < 4.78 is 5.24. The third-order valence-electron chi connectivity index (χ3n) is 2.64. The van der Waals surface area contributed by atoms with E-state index in [9.17, 15) is 19.8 Å². The molecule has 1 aromatic rings. The van der Waals surface area contributed by atoms with Crippen molar-refractivity contribution in [2.24, 2.45) is 0 Å². The molecule has 7 heteroatoms. The molecule has 1 atom stereocenters. The molecule has 0 aliphatic rings. The van der Waals surface area contributed by atoms with Crippen LogP contribution < -0.4 is 5.11 Å². The van der Waals surface area contributed by atoms with Crippen molar-refractivity contribution >= 4 is 11.8 Å². The second-order valence-corrected chi connectivity index (χ2v) is 5.78. The van der Waals surface area contributed by atoms with Gasteiger partial charge in [0.05, 0.1) is 21.1 Å². The van der Waals surface area contributed by atoms with Gasteiger partial charge in [-0.1, -0.05) is 0 Å². The Morgan fingerprint density at radius 1 is 1.35 bits per heavy atom. The predicted molar refractivity (Wildman–Crippen MR) is 66.4 cm³/mol. The Labute approximate surface area is 116 Å². The molecular weight excluding hydrogens is 266 g/mol. The first-order valence-electron chi connectivity index (χ1n) is 6.04. The number of ketones is 1. The highest BCUT2D eigenvalue weighted by Crippen LogP contribution is 2.22. The van der Waals surface area contributed by atoms with E-state index in [1.165, 1.54) is 12.1 Å². The average molecular weight is 285 g/mol. The molecule has 1 unspecified atom stereocenters. The molecule has 0 aliphatic heterocycles. The molecule has 0 aromatic carbocycles. The Kier molecular flexibility index (Phi) is 4.69. The molecule has 1 aromatic heterocycles. The summed E-state index contributed by atoms with van der Waals surface area (Å²) in [5.74, 6) is -2.39. The molecule has 0 fully saturated rings. The fraction of sp³-hybridized carbons (Fsp3) is 0.538. The van der Waals surface area contributed by atoms with E-state index in [4.69, 9.17) is 9.52 Å². The number of carbonyl (C=O) groups excluding carboxylic acids is 2. The lowest BCUT2D eigenvalue weighted by Gasteiger charge is -2.34. The molecule has 1 heterocycles. The van der Waals surface area contributed by atoms with Crippen LogP contribution in [0.3, 0.4) is 0 Å². The summed E-state index contributed by atoms with van der Waals surface area (Å²) in [7, 11) is 5.15. The van der Waals surface area contributed by atoms with Gasteiger partial charge in [-0.3, -0.25) is 4.79 Å². The monoisotopic (exact) mass is 285 g/mol. The molecule has 0 saturated carbocycles. The summed E-state index contributed by atoms with van der Waals surface area (Å²) in [6, 6.07) is 2.68. The second kappa shape index (κ2) is 5.74. The summed E-state index contributed by atoms with van der Waals surface area (Å²) in [6.45, 7) is -0.503. The Balaban J connectivity index is 3.09. The minimum atomic E-state index is -2.12. The van der Waals surface area contributed by atoms with E-state index in [1.54, 1.807) is 21.1 Å². The number of nitrogens with zero attached hydrogens (tertiary/aromatic N) is 1. The molecule has 0 aliphatic carbocycles. The van der Waals surface area contributed by atoms with Crippen molar-refractivity contribution in [3.8, 4) is 0 Å². The molecule has 2 N–H and O–H groups in total. The topological polar surface area (TPSA) is 111 Å². The van der Waals surface area contributed by atoms with Gasteiger partial charge >= 0.3 is 0 Å². The summed E-state index contributed by atoms with van der Waals surface area (Å²) >= 11 is 0. The number of carboxylic acids is 1. The van der Waals surface area contributed by atoms with Crippen molar-refractivity contribution < 1.29 is 33.8 Å². The number of quaternary nitrogens is 1. The van der Waals surface area contributed by atoms with Crippen LogP contribution in [0.5, 0.6) is 0 Å². The predicted octanol–water partition coefficient (Wildman–Crippen LogP) is -1.47. The first-order valence-corrected chi connectivity index (χ1v) is 6.04. The number of aliphatic hydroxyl groups excluding tert-OH is 1. The minimum Gasteiger partial charge on any atom is -0.550 e. The van der Waals surface area contributed by atoms with E-state index in [0.717, 1.165) is 0 Å². The highest BCUT2D eigenvalue weighted by molar-refractivity contribution is 6.02. The molecule has 7 nitrogen and oxygen atoms in total. The van der Waals surface area contributed by atoms with E-state index in [0.29, 0.717) is 0 Å². The van der Waals surface area contributed by atoms with Crippen LogP contribution in [0.1, 0.15) is 22.7 Å². The molecule has 0 spiro atoms. The molecule has 20 heavy (non-hydrogen) atoms. The molecule has 0 radical (unpaired) electrons. The SMILES string of the molecule is C[N+](C)(C)CC(O)(CC(=O)[O-])C(=O)c1ccc(CO)o1. The first-order chi connectivity index (χ1) is 9.07. The van der Waals surface area contributed by atoms with Gasteiger partial charge in [-0.2, -0.15) is 0 Å². The van der Waals surface area contributed by atoms with Crippen LogP contribution in [0.15, 0.2) is 16.5 Å². The maximum atomic E-state index is 12.3. The van der Waals surface area contributed by atoms with E-state index >= 15 is 0 Å². The van der Waals surface area contributed by atoms with Gasteiger partial charge in [-0.25, -0.2) is 0 Å². The molecule has 112 valence electrons. The third kappa shape index (κ3) is 4.16. The zero-order chi connectivity index (χ0) is 15.6. The standard InChI is InChI=1S/C13H19NO6/c1-14(2,3)8-13(19,6-11(16)17)12(18)10-5-4-9(7-15)20-10/h4-5,15,19H,6-8H2,1-3H3. The van der Waals surface area contributed by atoms with Crippen LogP contribution in [0.2, 0.25) is 0 Å². The largest absolute Gasteiger partial charge is 0.550 e. The van der Waals surface area contributed by atoms with Crippen LogP contribution in [0.4, 0.5) is 0 Å². The third-order valence-corrected chi connectivity index (χ3v) is 2.64. The van der Waals surface area contributed by atoms with Crippen LogP contribution in [0, 0.1) is 0 Å². The van der Waals surface area contributed by atoms with Gasteiger partial charge < -0.3 is 29.0 Å². The Morgan fingerprint density at radius 2 is 1.95 bits per heavy atom. The Hall–Kier alpha value is -1.70. The number of aliphatic carboxylic acids is 1. The number of Topliss-reactive ketones (excluding diaryl/α,β-unsaturated/α-hetero) is 1. The number of aliphatic hydroxyl groups is 2. The van der Waals surface area contributed by atoms with E-state index in [-0.39, 0.29) is 29.2 Å². The van der Waals surface area contributed by atoms with E-state index < -0.39 is 23.8 Å². The molecule has 0 amide bonds. The van der Waals surface area contributed by atoms with Crippen molar-refractivity contribution in [3.63, 3.8) is 0 Å². The van der Waals surface area contributed by atoms with Crippen molar-refractivity contribution in [1.82, 2.24) is 0 Å². The van der Waals surface area contributed by atoms with Crippen molar-refractivity contribution in [3.05, 3.63) is 23.7 Å². The van der Waals surface area contributed by atoms with Gasteiger partial charge in [0.25, 0.3) is 0 Å². The average Bonchev–Trinajstić information content (AvgIpc) is 2.72. The van der Waals surface area contributed by atoms with Crippen molar-refractivity contribution in [1.29, 1.82) is 0 Å². The Bertz CT molecular complexity index is 501. The number of hydrogen-bond donors (Lipinski definition) is 2. The lowest BCUT2D eigenvalue weighted by molar-refractivity contribution is -0.875. The maximum absolute atomic E-state index is 12.3. The van der Waals surface area contributed by atoms with Gasteiger partial charge in [0.1, 0.15) is 18.9 Å². The number of carbonyl (C=O) groups is 2. The fourth-order valence-electron chi connectivity index (χ4n) is 2.05. The smallest absolute Gasteiger partial charge is 0.235 e. The van der Waals surface area contributed by atoms with Crippen LogP contribution >= 0.6 is 0 Å². The fourth-order valence-corrected chi connectivity index (χ4v) is 2.05. The van der Waals surface area contributed by atoms with Gasteiger partial charge in [-0.15, -0.1) is 0 Å². The number of hydrogen-bond acceptors (Lipinski definition) is 6. The van der Waals surface area contributed by atoms with Crippen LogP contribution in [-0.4, -0.2) is 59.7 Å². The summed E-state index contributed by atoms with van der Waals surface area (Å²) in [6.07, 6.45) is -0.823. The molecule has 1 rings (SSSR count). The maximum Gasteiger partial charge on any atom is 0.235 e. The number of likely N-dealkylation sites (N-methyl/N-ethyl adjacent to an activating group) is 1. The Morgan fingerprint density at radius 3 is 2.35 bits per heavy atom.